The van der Waals surface area contributed by atoms with Gasteiger partial charge in [0.1, 0.15) is 12.4 Å². The van der Waals surface area contributed by atoms with Crippen molar-refractivity contribution in [3.05, 3.63) is 48.2 Å². The Morgan fingerprint density at radius 2 is 1.94 bits per heavy atom. The van der Waals surface area contributed by atoms with Crippen molar-refractivity contribution in [2.75, 3.05) is 26.1 Å². The summed E-state index contributed by atoms with van der Waals surface area (Å²) in [5, 5.41) is 7.94. The fraction of sp³-hybridized carbons (Fsp3) is 0.423. The largest absolute Gasteiger partial charge is 0.480 e. The molecule has 2 fully saturated rings. The van der Waals surface area contributed by atoms with E-state index in [1.54, 1.807) is 13.3 Å². The van der Waals surface area contributed by atoms with Gasteiger partial charge in [-0.3, -0.25) is 4.90 Å². The van der Waals surface area contributed by atoms with E-state index in [1.807, 2.05) is 48.2 Å². The first-order chi connectivity index (χ1) is 16.8. The second-order valence-corrected chi connectivity index (χ2v) is 9.71. The van der Waals surface area contributed by atoms with Crippen molar-refractivity contribution in [1.82, 2.24) is 20.1 Å². The number of aromatic nitrogens is 3. The molecule has 2 saturated heterocycles. The van der Waals surface area contributed by atoms with Crippen molar-refractivity contribution >= 4 is 5.82 Å². The van der Waals surface area contributed by atoms with E-state index in [2.05, 4.69) is 22.3 Å². The van der Waals surface area contributed by atoms with E-state index in [0.29, 0.717) is 31.2 Å². The zero-order chi connectivity index (χ0) is 24.3. The number of halogens is 2. The zero-order valence-corrected chi connectivity index (χ0v) is 19.9. The van der Waals surface area contributed by atoms with E-state index in [0.717, 1.165) is 33.6 Å². The van der Waals surface area contributed by atoms with Gasteiger partial charge >= 0.3 is 0 Å². The molecule has 35 heavy (non-hydrogen) atoms. The Labute approximate surface area is 202 Å². The van der Waals surface area contributed by atoms with Gasteiger partial charge in [0.25, 0.3) is 5.92 Å². The molecule has 5 heterocycles. The molecule has 0 radical (unpaired) electrons. The average molecular weight is 480 g/mol. The summed E-state index contributed by atoms with van der Waals surface area (Å²) in [4.78, 5) is 8.68. The van der Waals surface area contributed by atoms with Gasteiger partial charge in [0.2, 0.25) is 11.8 Å². The highest BCUT2D eigenvalue weighted by Crippen LogP contribution is 2.46. The molecule has 0 amide bonds. The quantitative estimate of drug-likeness (QED) is 0.549. The molecule has 3 unspecified atom stereocenters. The number of methoxy groups -OCH3 is 1. The van der Waals surface area contributed by atoms with Crippen LogP contribution in [-0.2, 0) is 6.61 Å². The minimum absolute atomic E-state index is 0.0181. The predicted molar refractivity (Wildman–Crippen MR) is 128 cm³/mol. The monoisotopic (exact) mass is 479 g/mol. The minimum Gasteiger partial charge on any atom is -0.480 e. The van der Waals surface area contributed by atoms with Crippen LogP contribution in [0.4, 0.5) is 14.6 Å². The van der Waals surface area contributed by atoms with Crippen molar-refractivity contribution in [3.8, 4) is 34.0 Å². The van der Waals surface area contributed by atoms with E-state index in [4.69, 9.17) is 14.5 Å². The number of pyridine rings is 1. The number of piperidine rings is 1. The topological polar surface area (TPSA) is 63.6 Å². The molecular formula is C26H27F2N5O2. The Bertz CT molecular complexity index is 1290. The minimum atomic E-state index is -2.62. The first-order valence-corrected chi connectivity index (χ1v) is 11.8. The molecule has 182 valence electrons. The Balaban J connectivity index is 1.25. The van der Waals surface area contributed by atoms with Gasteiger partial charge in [0.05, 0.1) is 19.3 Å². The summed E-state index contributed by atoms with van der Waals surface area (Å²) < 4.78 is 40.1. The van der Waals surface area contributed by atoms with Crippen LogP contribution in [0.15, 0.2) is 42.6 Å². The number of fused-ring (bicyclic) bond motifs is 5. The van der Waals surface area contributed by atoms with E-state index < -0.39 is 12.0 Å². The normalized spacial score (nSPS) is 24.3. The number of rotatable bonds is 4. The molecule has 0 spiro atoms. The molecule has 0 aliphatic carbocycles. The summed E-state index contributed by atoms with van der Waals surface area (Å²) >= 11 is 0. The number of nitrogens with zero attached hydrogens (tertiary/aromatic N) is 5. The van der Waals surface area contributed by atoms with Crippen molar-refractivity contribution < 1.29 is 18.3 Å². The number of anilines is 1. The van der Waals surface area contributed by atoms with Gasteiger partial charge < -0.3 is 14.4 Å². The SMILES string of the molecule is COc1cc(-c2ccc3c(c2)COc2nc(N(C)C4CC5CC(F)(F)C(C4)N5C)ccc2-3)cnn1. The van der Waals surface area contributed by atoms with Crippen molar-refractivity contribution in [2.45, 2.75) is 49.9 Å². The van der Waals surface area contributed by atoms with Gasteiger partial charge in [-0.2, -0.15) is 10.1 Å². The number of benzene rings is 1. The van der Waals surface area contributed by atoms with E-state index in [-0.39, 0.29) is 18.5 Å². The van der Waals surface area contributed by atoms with Gasteiger partial charge in [0, 0.05) is 42.7 Å². The van der Waals surface area contributed by atoms with Crippen LogP contribution in [0.5, 0.6) is 11.8 Å². The summed E-state index contributed by atoms with van der Waals surface area (Å²) in [6, 6.07) is 11.2. The summed E-state index contributed by atoms with van der Waals surface area (Å²) in [5.41, 5.74) is 4.97. The molecule has 3 aliphatic heterocycles. The van der Waals surface area contributed by atoms with Crippen molar-refractivity contribution in [3.63, 3.8) is 0 Å². The maximum Gasteiger partial charge on any atom is 0.264 e. The second-order valence-electron chi connectivity index (χ2n) is 9.71. The number of hydrogen-bond acceptors (Lipinski definition) is 7. The standard InChI is InChI=1S/C26H27F2N5O2/c1-32-19-10-18(11-22(32)26(27,28)12-19)33(2)23-7-6-21-20-5-4-15(8-17(20)14-35-25(21)30-23)16-9-24(34-3)31-29-13-16/h4-9,13,18-19,22H,10-12,14H2,1-3H3. The first-order valence-electron chi connectivity index (χ1n) is 11.8. The highest BCUT2D eigenvalue weighted by molar-refractivity contribution is 5.78. The van der Waals surface area contributed by atoms with Crippen LogP contribution < -0.4 is 14.4 Å². The molecular weight excluding hydrogens is 452 g/mol. The highest BCUT2D eigenvalue weighted by Gasteiger charge is 2.56. The number of alkyl halides is 2. The Morgan fingerprint density at radius 1 is 1.11 bits per heavy atom. The summed E-state index contributed by atoms with van der Waals surface area (Å²) in [6.07, 6.45) is 2.78. The third-order valence-electron chi connectivity index (χ3n) is 7.79. The summed E-state index contributed by atoms with van der Waals surface area (Å²) in [7, 11) is 5.33. The summed E-state index contributed by atoms with van der Waals surface area (Å²) in [5.74, 6) is -0.843. The summed E-state index contributed by atoms with van der Waals surface area (Å²) in [6.45, 7) is 0.399. The van der Waals surface area contributed by atoms with Gasteiger partial charge in [-0.05, 0) is 54.8 Å². The molecule has 9 heteroatoms. The number of hydrogen-bond donors (Lipinski definition) is 0. The molecule has 1 aromatic carbocycles. The van der Waals surface area contributed by atoms with Crippen LogP contribution in [0.3, 0.4) is 0 Å². The molecule has 2 bridgehead atoms. The van der Waals surface area contributed by atoms with Gasteiger partial charge in [-0.25, -0.2) is 8.78 Å². The lowest BCUT2D eigenvalue weighted by atomic mass is 9.94. The molecule has 6 rings (SSSR count). The predicted octanol–water partition coefficient (Wildman–Crippen LogP) is 4.41. The maximum absolute atomic E-state index is 14.4. The van der Waals surface area contributed by atoms with Gasteiger partial charge in [-0.1, -0.05) is 12.1 Å². The Morgan fingerprint density at radius 3 is 2.74 bits per heavy atom. The molecule has 2 aromatic heterocycles. The zero-order valence-electron chi connectivity index (χ0n) is 19.9. The third-order valence-corrected chi connectivity index (χ3v) is 7.79. The lowest BCUT2D eigenvalue weighted by molar-refractivity contribution is -0.0353. The van der Waals surface area contributed by atoms with Gasteiger partial charge in [0.15, 0.2) is 0 Å². The van der Waals surface area contributed by atoms with E-state index >= 15 is 0 Å². The van der Waals surface area contributed by atoms with Crippen molar-refractivity contribution in [2.24, 2.45) is 0 Å². The van der Waals surface area contributed by atoms with E-state index in [9.17, 15) is 8.78 Å². The van der Waals surface area contributed by atoms with Gasteiger partial charge in [-0.15, -0.1) is 5.10 Å². The fourth-order valence-electron chi connectivity index (χ4n) is 5.75. The third kappa shape index (κ3) is 3.69. The molecule has 0 saturated carbocycles. The Hall–Kier alpha value is -3.33. The molecule has 3 aliphatic rings. The molecule has 3 atom stereocenters. The molecule has 3 aromatic rings. The maximum atomic E-state index is 14.4. The van der Waals surface area contributed by atoms with Crippen LogP contribution in [0.25, 0.3) is 22.3 Å². The fourth-order valence-corrected chi connectivity index (χ4v) is 5.75. The number of ether oxygens (including phenoxy) is 2. The van der Waals surface area contributed by atoms with Crippen LogP contribution in [0, 0.1) is 0 Å². The second kappa shape index (κ2) is 8.12. The Kier molecular flexibility index (Phi) is 5.14. The molecule has 7 nitrogen and oxygen atoms in total. The van der Waals surface area contributed by atoms with E-state index in [1.165, 1.54) is 0 Å². The van der Waals surface area contributed by atoms with Crippen LogP contribution in [0.2, 0.25) is 0 Å². The average Bonchev–Trinajstić information content (AvgIpc) is 3.00. The first kappa shape index (κ1) is 22.2. The molecule has 0 N–H and O–H groups in total. The lowest BCUT2D eigenvalue weighted by Crippen LogP contribution is -2.50. The van der Waals surface area contributed by atoms with Crippen LogP contribution in [0.1, 0.15) is 24.8 Å². The van der Waals surface area contributed by atoms with Crippen LogP contribution >= 0.6 is 0 Å². The van der Waals surface area contributed by atoms with Crippen LogP contribution in [-0.4, -0.2) is 65.3 Å². The highest BCUT2D eigenvalue weighted by atomic mass is 19.3. The lowest BCUT2D eigenvalue weighted by Gasteiger charge is -2.41. The van der Waals surface area contributed by atoms with Crippen molar-refractivity contribution in [1.29, 1.82) is 0 Å². The smallest absolute Gasteiger partial charge is 0.264 e.